The second-order valence-electron chi connectivity index (χ2n) is 6.85. The molecule has 6 heteroatoms. The van der Waals surface area contributed by atoms with Gasteiger partial charge in [0, 0.05) is 31.7 Å². The molecule has 1 aromatic rings. The first-order valence-corrected chi connectivity index (χ1v) is 8.91. The number of carboxylic acid groups (broad SMARTS) is 1. The fraction of sp³-hybridized carbons (Fsp3) is 0.526. The van der Waals surface area contributed by atoms with Gasteiger partial charge in [-0.25, -0.2) is 0 Å². The van der Waals surface area contributed by atoms with Gasteiger partial charge >= 0.3 is 5.97 Å². The number of piperidine rings is 1. The maximum atomic E-state index is 12.8. The molecule has 2 saturated heterocycles. The van der Waals surface area contributed by atoms with Crippen LogP contribution in [0.5, 0.6) is 0 Å². The van der Waals surface area contributed by atoms with Crippen molar-refractivity contribution < 1.29 is 19.5 Å². The lowest BCUT2D eigenvalue weighted by Gasteiger charge is -2.32. The lowest BCUT2D eigenvalue weighted by Crippen LogP contribution is -2.45. The Bertz CT molecular complexity index is 688. The number of hydrogen-bond acceptors (Lipinski definition) is 3. The summed E-state index contributed by atoms with van der Waals surface area (Å²) in [6.45, 7) is 3.26. The van der Waals surface area contributed by atoms with Gasteiger partial charge in [-0.3, -0.25) is 14.4 Å². The molecule has 1 unspecified atom stereocenters. The molecule has 25 heavy (non-hydrogen) atoms. The van der Waals surface area contributed by atoms with E-state index in [1.165, 1.54) is 0 Å². The quantitative estimate of drug-likeness (QED) is 0.905. The van der Waals surface area contributed by atoms with Gasteiger partial charge in [0.2, 0.25) is 11.8 Å². The summed E-state index contributed by atoms with van der Waals surface area (Å²) >= 11 is 0. The van der Waals surface area contributed by atoms with Crippen molar-refractivity contribution in [3.8, 4) is 0 Å². The van der Waals surface area contributed by atoms with Crippen molar-refractivity contribution in [2.75, 3.05) is 24.5 Å². The van der Waals surface area contributed by atoms with E-state index in [-0.39, 0.29) is 30.7 Å². The fourth-order valence-electron chi connectivity index (χ4n) is 3.82. The zero-order chi connectivity index (χ0) is 18.0. The van der Waals surface area contributed by atoms with Gasteiger partial charge in [0.05, 0.1) is 11.8 Å². The molecule has 6 nitrogen and oxygen atoms in total. The van der Waals surface area contributed by atoms with Crippen molar-refractivity contribution in [1.82, 2.24) is 4.90 Å². The molecule has 0 radical (unpaired) electrons. The summed E-state index contributed by atoms with van der Waals surface area (Å²) in [4.78, 5) is 39.8. The number of benzene rings is 1. The van der Waals surface area contributed by atoms with Crippen molar-refractivity contribution in [3.63, 3.8) is 0 Å². The van der Waals surface area contributed by atoms with Crippen molar-refractivity contribution in [2.45, 2.75) is 32.6 Å². The summed E-state index contributed by atoms with van der Waals surface area (Å²) in [5.41, 5.74) is 1.97. The maximum absolute atomic E-state index is 12.8. The third-order valence-electron chi connectivity index (χ3n) is 5.22. The number of carbonyl (C=O) groups excluding carboxylic acids is 2. The van der Waals surface area contributed by atoms with Crippen LogP contribution in [-0.4, -0.2) is 47.4 Å². The van der Waals surface area contributed by atoms with E-state index in [1.54, 1.807) is 9.80 Å². The zero-order valence-electron chi connectivity index (χ0n) is 14.5. The molecule has 1 N–H and O–H groups in total. The molecule has 2 atom stereocenters. The predicted molar refractivity (Wildman–Crippen MR) is 93.2 cm³/mol. The molecule has 2 aliphatic heterocycles. The number of carboxylic acids is 1. The van der Waals surface area contributed by atoms with E-state index in [0.717, 1.165) is 17.7 Å². The highest BCUT2D eigenvalue weighted by Crippen LogP contribution is 2.30. The van der Waals surface area contributed by atoms with Crippen LogP contribution in [0.3, 0.4) is 0 Å². The number of carbonyl (C=O) groups is 3. The van der Waals surface area contributed by atoms with Crippen LogP contribution < -0.4 is 4.90 Å². The van der Waals surface area contributed by atoms with Crippen LogP contribution in [0.25, 0.3) is 0 Å². The van der Waals surface area contributed by atoms with Gasteiger partial charge in [0.1, 0.15) is 0 Å². The minimum Gasteiger partial charge on any atom is -0.481 e. The van der Waals surface area contributed by atoms with E-state index in [0.29, 0.717) is 25.9 Å². The van der Waals surface area contributed by atoms with Gasteiger partial charge < -0.3 is 14.9 Å². The monoisotopic (exact) mass is 344 g/mol. The zero-order valence-corrected chi connectivity index (χ0v) is 14.5. The van der Waals surface area contributed by atoms with Crippen LogP contribution in [0.2, 0.25) is 0 Å². The van der Waals surface area contributed by atoms with Gasteiger partial charge in [0.15, 0.2) is 0 Å². The molecule has 134 valence electrons. The average molecular weight is 344 g/mol. The number of rotatable bonds is 4. The smallest absolute Gasteiger partial charge is 0.308 e. The van der Waals surface area contributed by atoms with Gasteiger partial charge in [-0.05, 0) is 30.9 Å². The highest BCUT2D eigenvalue weighted by molar-refractivity contribution is 6.00. The molecule has 2 fully saturated rings. The average Bonchev–Trinajstić information content (AvgIpc) is 3.02. The first-order valence-electron chi connectivity index (χ1n) is 8.91. The number of hydrogen-bond donors (Lipinski definition) is 1. The minimum atomic E-state index is -0.849. The van der Waals surface area contributed by atoms with E-state index in [9.17, 15) is 19.5 Å². The summed E-state index contributed by atoms with van der Waals surface area (Å²) in [5, 5.41) is 9.19. The normalized spacial score (nSPS) is 23.8. The molecule has 2 amide bonds. The van der Waals surface area contributed by atoms with Gasteiger partial charge in [-0.15, -0.1) is 0 Å². The lowest BCUT2D eigenvalue weighted by atomic mass is 9.96. The summed E-state index contributed by atoms with van der Waals surface area (Å²) < 4.78 is 0. The second-order valence-corrected chi connectivity index (χ2v) is 6.85. The molecule has 2 heterocycles. The lowest BCUT2D eigenvalue weighted by molar-refractivity contribution is -0.146. The third kappa shape index (κ3) is 3.52. The number of likely N-dealkylation sites (tertiary alicyclic amines) is 1. The van der Waals surface area contributed by atoms with E-state index in [4.69, 9.17) is 0 Å². The summed E-state index contributed by atoms with van der Waals surface area (Å²) in [6, 6.07) is 7.77. The molecule has 3 rings (SSSR count). The van der Waals surface area contributed by atoms with Crippen molar-refractivity contribution >= 4 is 23.5 Å². The summed E-state index contributed by atoms with van der Waals surface area (Å²) in [7, 11) is 0. The Morgan fingerprint density at radius 2 is 1.96 bits per heavy atom. The topological polar surface area (TPSA) is 77.9 Å². The molecular formula is C19H24N2O4. The Kier molecular flexibility index (Phi) is 5.06. The largest absolute Gasteiger partial charge is 0.481 e. The Labute approximate surface area is 147 Å². The van der Waals surface area contributed by atoms with Crippen LogP contribution in [0.1, 0.15) is 31.7 Å². The van der Waals surface area contributed by atoms with E-state index >= 15 is 0 Å². The molecule has 0 spiro atoms. The van der Waals surface area contributed by atoms with Crippen LogP contribution in [0, 0.1) is 11.8 Å². The first kappa shape index (κ1) is 17.5. The van der Waals surface area contributed by atoms with Crippen LogP contribution in [0.4, 0.5) is 5.69 Å². The molecule has 1 aromatic carbocycles. The van der Waals surface area contributed by atoms with E-state index in [2.05, 4.69) is 0 Å². The number of nitrogens with zero attached hydrogens (tertiary/aromatic N) is 2. The molecule has 0 bridgehead atoms. The SMILES string of the molecule is CCc1ccccc1N1CC(C(=O)N2CCC[C@H](C(=O)O)C2)CC1=O. The molecule has 0 aromatic heterocycles. The predicted octanol–water partition coefficient (Wildman–Crippen LogP) is 1.93. The molecule has 0 aliphatic carbocycles. The fourth-order valence-corrected chi connectivity index (χ4v) is 3.82. The second kappa shape index (κ2) is 7.25. The molecular weight excluding hydrogens is 320 g/mol. The highest BCUT2D eigenvalue weighted by atomic mass is 16.4. The number of aryl methyl sites for hydroxylation is 1. The standard InChI is InChI=1S/C19H24N2O4/c1-2-13-6-3-4-8-16(13)21-12-15(10-17(21)22)18(23)20-9-5-7-14(11-20)19(24)25/h3-4,6,8,14-15H,2,5,7,9-12H2,1H3,(H,24,25)/t14-,15?/m0/s1. The molecule has 0 saturated carbocycles. The Morgan fingerprint density at radius 1 is 1.20 bits per heavy atom. The summed E-state index contributed by atoms with van der Waals surface area (Å²) in [6.07, 6.45) is 2.33. The Morgan fingerprint density at radius 3 is 2.68 bits per heavy atom. The van der Waals surface area contributed by atoms with E-state index < -0.39 is 11.9 Å². The van der Waals surface area contributed by atoms with E-state index in [1.807, 2.05) is 31.2 Å². The third-order valence-corrected chi connectivity index (χ3v) is 5.22. The molecule has 2 aliphatic rings. The van der Waals surface area contributed by atoms with Crippen molar-refractivity contribution in [2.24, 2.45) is 11.8 Å². The number of para-hydroxylation sites is 1. The van der Waals surface area contributed by atoms with Gasteiger partial charge in [-0.1, -0.05) is 25.1 Å². The van der Waals surface area contributed by atoms with Crippen LogP contribution >= 0.6 is 0 Å². The Hall–Kier alpha value is -2.37. The minimum absolute atomic E-state index is 0.0361. The number of aliphatic carboxylic acids is 1. The Balaban J connectivity index is 1.71. The highest BCUT2D eigenvalue weighted by Gasteiger charge is 2.39. The van der Waals surface area contributed by atoms with Gasteiger partial charge in [-0.2, -0.15) is 0 Å². The number of anilines is 1. The van der Waals surface area contributed by atoms with Crippen LogP contribution in [0.15, 0.2) is 24.3 Å². The van der Waals surface area contributed by atoms with Crippen LogP contribution in [-0.2, 0) is 20.8 Å². The number of amides is 2. The van der Waals surface area contributed by atoms with Crippen molar-refractivity contribution in [1.29, 1.82) is 0 Å². The summed E-state index contributed by atoms with van der Waals surface area (Å²) in [5.74, 6) is -1.85. The van der Waals surface area contributed by atoms with Gasteiger partial charge in [0.25, 0.3) is 0 Å². The maximum Gasteiger partial charge on any atom is 0.308 e. The first-order chi connectivity index (χ1) is 12.0. The van der Waals surface area contributed by atoms with Crippen molar-refractivity contribution in [3.05, 3.63) is 29.8 Å².